The highest BCUT2D eigenvalue weighted by Crippen LogP contribution is 2.14. The highest BCUT2D eigenvalue weighted by atomic mass is 15.2. The second-order valence-electron chi connectivity index (χ2n) is 4.13. The lowest BCUT2D eigenvalue weighted by atomic mass is 10.4. The van der Waals surface area contributed by atoms with Gasteiger partial charge in [-0.2, -0.15) is 0 Å². The van der Waals surface area contributed by atoms with Gasteiger partial charge in [0.05, 0.1) is 0 Å². The first-order chi connectivity index (χ1) is 7.68. The number of likely N-dealkylation sites (N-methyl/N-ethyl adjacent to an activating group) is 2. The summed E-state index contributed by atoms with van der Waals surface area (Å²) in [6.45, 7) is 1.94. The van der Waals surface area contributed by atoms with Gasteiger partial charge >= 0.3 is 0 Å². The third-order valence-corrected chi connectivity index (χ3v) is 2.54. The van der Waals surface area contributed by atoms with E-state index in [0.717, 1.165) is 24.6 Å². The minimum Gasteiger partial charge on any atom is -0.355 e. The van der Waals surface area contributed by atoms with Crippen molar-refractivity contribution in [3.8, 4) is 0 Å². The van der Waals surface area contributed by atoms with Crippen LogP contribution < -0.4 is 4.90 Å². The maximum absolute atomic E-state index is 4.38. The molecule has 0 atom stereocenters. The second kappa shape index (κ2) is 4.49. The number of hydrogen-bond donors (Lipinski definition) is 0. The molecule has 0 N–H and O–H groups in total. The lowest BCUT2D eigenvalue weighted by molar-refractivity contribution is 0.416. The number of rotatable bonds is 4. The van der Waals surface area contributed by atoms with Crippen LogP contribution in [0.1, 0.15) is 0 Å². The summed E-state index contributed by atoms with van der Waals surface area (Å²) in [7, 11) is 6.18. The smallest absolute Gasteiger partial charge is 0.180 e. The second-order valence-corrected chi connectivity index (χ2v) is 4.13. The van der Waals surface area contributed by atoms with Gasteiger partial charge in [0.1, 0.15) is 0 Å². The molecule has 0 fully saturated rings. The maximum Gasteiger partial charge on any atom is 0.180 e. The molecule has 0 amide bonds. The van der Waals surface area contributed by atoms with Crippen LogP contribution in [0.5, 0.6) is 0 Å². The van der Waals surface area contributed by atoms with E-state index in [9.17, 15) is 0 Å². The fourth-order valence-electron chi connectivity index (χ4n) is 1.57. The molecule has 0 aliphatic carbocycles. The Kier molecular flexibility index (Phi) is 3.05. The number of aromatic nitrogens is 3. The van der Waals surface area contributed by atoms with Crippen molar-refractivity contribution in [2.24, 2.45) is 0 Å². The Bertz CT molecular complexity index is 462. The van der Waals surface area contributed by atoms with Crippen molar-refractivity contribution >= 4 is 11.5 Å². The molecule has 0 saturated carbocycles. The first kappa shape index (κ1) is 10.9. The molecule has 86 valence electrons. The largest absolute Gasteiger partial charge is 0.355 e. The molecule has 0 spiro atoms. The van der Waals surface area contributed by atoms with Gasteiger partial charge < -0.3 is 14.2 Å². The van der Waals surface area contributed by atoms with Crippen LogP contribution in [0.4, 0.5) is 5.82 Å². The third kappa shape index (κ3) is 2.14. The van der Waals surface area contributed by atoms with Gasteiger partial charge in [0.25, 0.3) is 0 Å². The molecule has 16 heavy (non-hydrogen) atoms. The summed E-state index contributed by atoms with van der Waals surface area (Å²) in [6.07, 6.45) is 7.43. The summed E-state index contributed by atoms with van der Waals surface area (Å²) in [6, 6.07) is 0. The number of anilines is 1. The molecule has 5 nitrogen and oxygen atoms in total. The van der Waals surface area contributed by atoms with Crippen molar-refractivity contribution in [1.82, 2.24) is 19.3 Å². The summed E-state index contributed by atoms with van der Waals surface area (Å²) >= 11 is 0. The molecule has 2 aromatic rings. The fourth-order valence-corrected chi connectivity index (χ4v) is 1.57. The van der Waals surface area contributed by atoms with E-state index in [-0.39, 0.29) is 0 Å². The minimum absolute atomic E-state index is 0.906. The van der Waals surface area contributed by atoms with Gasteiger partial charge in [0, 0.05) is 44.9 Å². The summed E-state index contributed by atoms with van der Waals surface area (Å²) in [5.74, 6) is 0.925. The molecule has 0 aliphatic heterocycles. The Morgan fingerprint density at radius 3 is 2.44 bits per heavy atom. The zero-order valence-corrected chi connectivity index (χ0v) is 9.96. The van der Waals surface area contributed by atoms with Crippen molar-refractivity contribution in [1.29, 1.82) is 0 Å². The average Bonchev–Trinajstić information content (AvgIpc) is 2.73. The van der Waals surface area contributed by atoms with Crippen molar-refractivity contribution in [2.75, 3.05) is 39.1 Å². The summed E-state index contributed by atoms with van der Waals surface area (Å²) in [4.78, 5) is 13.0. The van der Waals surface area contributed by atoms with Crippen LogP contribution in [0.2, 0.25) is 0 Å². The summed E-state index contributed by atoms with van der Waals surface area (Å²) < 4.78 is 1.98. The van der Waals surface area contributed by atoms with Crippen LogP contribution in [0, 0.1) is 0 Å². The zero-order valence-electron chi connectivity index (χ0n) is 9.96. The predicted molar refractivity (Wildman–Crippen MR) is 64.8 cm³/mol. The van der Waals surface area contributed by atoms with Crippen LogP contribution in [-0.2, 0) is 0 Å². The average molecular weight is 219 g/mol. The quantitative estimate of drug-likeness (QED) is 0.759. The molecule has 0 aromatic carbocycles. The standard InChI is InChI=1S/C11H17N5/c1-14(2)8-9-15(3)10-11-13-5-7-16(11)6-4-12-10/h4-7H,8-9H2,1-3H3. The summed E-state index contributed by atoms with van der Waals surface area (Å²) in [5, 5.41) is 0. The van der Waals surface area contributed by atoms with Crippen LogP contribution >= 0.6 is 0 Å². The Labute approximate surface area is 95.3 Å². The van der Waals surface area contributed by atoms with Crippen LogP contribution in [-0.4, -0.2) is 53.5 Å². The van der Waals surface area contributed by atoms with Crippen LogP contribution in [0.3, 0.4) is 0 Å². The first-order valence-electron chi connectivity index (χ1n) is 5.32. The lowest BCUT2D eigenvalue weighted by Gasteiger charge is -2.20. The first-order valence-corrected chi connectivity index (χ1v) is 5.32. The minimum atomic E-state index is 0.906. The van der Waals surface area contributed by atoms with E-state index in [1.807, 2.05) is 23.8 Å². The highest BCUT2D eigenvalue weighted by molar-refractivity contribution is 5.63. The molecular formula is C11H17N5. The predicted octanol–water partition coefficient (Wildman–Crippen LogP) is 0.727. The van der Waals surface area contributed by atoms with Crippen molar-refractivity contribution in [3.63, 3.8) is 0 Å². The Morgan fingerprint density at radius 1 is 1.06 bits per heavy atom. The number of fused-ring (bicyclic) bond motifs is 1. The van der Waals surface area contributed by atoms with Gasteiger partial charge in [-0.05, 0) is 14.1 Å². The van der Waals surface area contributed by atoms with Gasteiger partial charge in [0.15, 0.2) is 11.5 Å². The van der Waals surface area contributed by atoms with Gasteiger partial charge in [-0.3, -0.25) is 0 Å². The van der Waals surface area contributed by atoms with Crippen molar-refractivity contribution in [3.05, 3.63) is 24.8 Å². The monoisotopic (exact) mass is 219 g/mol. The Balaban J connectivity index is 2.22. The van der Waals surface area contributed by atoms with E-state index in [1.54, 1.807) is 12.4 Å². The molecule has 0 saturated heterocycles. The Morgan fingerprint density at radius 2 is 1.75 bits per heavy atom. The number of imidazole rings is 1. The van der Waals surface area contributed by atoms with Crippen molar-refractivity contribution < 1.29 is 0 Å². The van der Waals surface area contributed by atoms with Gasteiger partial charge in [-0.1, -0.05) is 0 Å². The van der Waals surface area contributed by atoms with Gasteiger partial charge in [-0.25, -0.2) is 9.97 Å². The number of hydrogen-bond acceptors (Lipinski definition) is 4. The van der Waals surface area contributed by atoms with E-state index < -0.39 is 0 Å². The fraction of sp³-hybridized carbons (Fsp3) is 0.455. The molecular weight excluding hydrogens is 202 g/mol. The maximum atomic E-state index is 4.38. The zero-order chi connectivity index (χ0) is 11.5. The molecule has 0 bridgehead atoms. The molecule has 2 heterocycles. The topological polar surface area (TPSA) is 36.7 Å². The SMILES string of the molecule is CN(C)CCN(C)c1nccn2ccnc12. The molecule has 2 rings (SSSR count). The van der Waals surface area contributed by atoms with Crippen LogP contribution in [0.25, 0.3) is 5.65 Å². The van der Waals surface area contributed by atoms with Crippen LogP contribution in [0.15, 0.2) is 24.8 Å². The molecule has 2 aromatic heterocycles. The van der Waals surface area contributed by atoms with E-state index >= 15 is 0 Å². The number of nitrogens with zero attached hydrogens (tertiary/aromatic N) is 5. The van der Waals surface area contributed by atoms with E-state index in [1.165, 1.54) is 0 Å². The molecule has 0 unspecified atom stereocenters. The highest BCUT2D eigenvalue weighted by Gasteiger charge is 2.08. The lowest BCUT2D eigenvalue weighted by Crippen LogP contribution is -2.29. The van der Waals surface area contributed by atoms with E-state index in [0.29, 0.717) is 0 Å². The van der Waals surface area contributed by atoms with Crippen molar-refractivity contribution in [2.45, 2.75) is 0 Å². The Hall–Kier alpha value is -1.62. The summed E-state index contributed by atoms with van der Waals surface area (Å²) in [5.41, 5.74) is 0.906. The van der Waals surface area contributed by atoms with Gasteiger partial charge in [-0.15, -0.1) is 0 Å². The molecule has 5 heteroatoms. The third-order valence-electron chi connectivity index (χ3n) is 2.54. The van der Waals surface area contributed by atoms with E-state index in [2.05, 4.69) is 33.9 Å². The molecule has 0 aliphatic rings. The van der Waals surface area contributed by atoms with E-state index in [4.69, 9.17) is 0 Å². The normalized spacial score (nSPS) is 11.2. The van der Waals surface area contributed by atoms with Gasteiger partial charge in [0.2, 0.25) is 0 Å². The molecule has 0 radical (unpaired) electrons.